The van der Waals surface area contributed by atoms with Crippen molar-refractivity contribution >= 4 is 0 Å². The monoisotopic (exact) mass is 458 g/mol. The Hall–Kier alpha value is -4.04. The summed E-state index contributed by atoms with van der Waals surface area (Å²) < 4.78 is 11.7. The lowest BCUT2D eigenvalue weighted by molar-refractivity contribution is 0.475. The highest BCUT2D eigenvalue weighted by atomic mass is 16.5. The molecule has 174 valence electrons. The molecule has 35 heavy (non-hydrogen) atoms. The number of hydrogen-bond acceptors (Lipinski definition) is 2. The van der Waals surface area contributed by atoms with Crippen LogP contribution < -0.4 is 9.47 Å². The Balaban J connectivity index is 1.71. The smallest absolute Gasteiger partial charge is 0.126 e. The third kappa shape index (κ3) is 4.06. The van der Waals surface area contributed by atoms with Crippen LogP contribution in [0.4, 0.5) is 0 Å². The highest BCUT2D eigenvalue weighted by molar-refractivity contribution is 5.86. The van der Waals surface area contributed by atoms with Crippen LogP contribution in [0.2, 0.25) is 0 Å². The van der Waals surface area contributed by atoms with Gasteiger partial charge in [-0.3, -0.25) is 0 Å². The predicted molar refractivity (Wildman–Crippen MR) is 144 cm³/mol. The van der Waals surface area contributed by atoms with Crippen molar-refractivity contribution in [3.63, 3.8) is 0 Å². The van der Waals surface area contributed by atoms with Gasteiger partial charge in [0.2, 0.25) is 0 Å². The molecule has 0 amide bonds. The van der Waals surface area contributed by atoms with Gasteiger partial charge in [-0.15, -0.1) is 0 Å². The van der Waals surface area contributed by atoms with Crippen molar-refractivity contribution in [1.29, 1.82) is 0 Å². The first-order chi connectivity index (χ1) is 17.0. The molecule has 0 N–H and O–H groups in total. The fourth-order valence-corrected chi connectivity index (χ4v) is 4.96. The van der Waals surface area contributed by atoms with Gasteiger partial charge >= 0.3 is 0 Å². The molecule has 4 aromatic carbocycles. The molecule has 5 rings (SSSR count). The number of fused-ring (bicyclic) bond motifs is 3. The van der Waals surface area contributed by atoms with E-state index in [-0.39, 0.29) is 0 Å². The van der Waals surface area contributed by atoms with E-state index in [1.807, 2.05) is 27.7 Å². The van der Waals surface area contributed by atoms with E-state index in [1.54, 1.807) is 12.5 Å². The Morgan fingerprint density at radius 2 is 0.886 bits per heavy atom. The Kier molecular flexibility index (Phi) is 6.05. The first kappa shape index (κ1) is 22.7. The Bertz CT molecular complexity index is 1290. The molecule has 0 saturated heterocycles. The maximum absolute atomic E-state index is 5.84. The molecule has 0 bridgehead atoms. The van der Waals surface area contributed by atoms with E-state index < -0.39 is 5.41 Å². The van der Waals surface area contributed by atoms with E-state index in [0.29, 0.717) is 0 Å². The molecule has 0 saturated carbocycles. The minimum absolute atomic E-state index is 0.433. The fourth-order valence-electron chi connectivity index (χ4n) is 4.96. The fraction of sp³-hybridized carbons (Fsp3) is 0.152. The topological polar surface area (TPSA) is 18.5 Å². The normalized spacial score (nSPS) is 12.8. The summed E-state index contributed by atoms with van der Waals surface area (Å²) in [5, 5.41) is 0. The third-order valence-electron chi connectivity index (χ3n) is 6.39. The second-order valence-electron chi connectivity index (χ2n) is 9.52. The average molecular weight is 459 g/mol. The second kappa shape index (κ2) is 9.31. The van der Waals surface area contributed by atoms with Gasteiger partial charge in [0.1, 0.15) is 11.5 Å². The van der Waals surface area contributed by atoms with Gasteiger partial charge in [0.25, 0.3) is 0 Å². The lowest BCUT2D eigenvalue weighted by Gasteiger charge is -2.34. The zero-order valence-electron chi connectivity index (χ0n) is 20.7. The molecule has 0 unspecified atom stereocenters. The minimum atomic E-state index is -0.433. The van der Waals surface area contributed by atoms with Crippen molar-refractivity contribution in [3.05, 3.63) is 143 Å². The maximum Gasteiger partial charge on any atom is 0.126 e. The summed E-state index contributed by atoms with van der Waals surface area (Å²) in [4.78, 5) is 0. The van der Waals surface area contributed by atoms with Gasteiger partial charge in [-0.25, -0.2) is 0 Å². The molecule has 0 fully saturated rings. The molecule has 0 spiro atoms. The zero-order chi connectivity index (χ0) is 24.4. The molecule has 1 aliphatic carbocycles. The van der Waals surface area contributed by atoms with Crippen LogP contribution in [0.15, 0.2) is 121 Å². The van der Waals surface area contributed by atoms with E-state index in [9.17, 15) is 0 Å². The predicted octanol–water partition coefficient (Wildman–Crippen LogP) is 8.65. The molecule has 2 heteroatoms. The minimum Gasteiger partial charge on any atom is -0.465 e. The first-order valence-electron chi connectivity index (χ1n) is 12.0. The van der Waals surface area contributed by atoms with Crippen molar-refractivity contribution in [2.24, 2.45) is 0 Å². The van der Waals surface area contributed by atoms with Crippen molar-refractivity contribution in [1.82, 2.24) is 0 Å². The van der Waals surface area contributed by atoms with Crippen LogP contribution in [0, 0.1) is 0 Å². The van der Waals surface area contributed by atoms with Crippen LogP contribution in [0.3, 0.4) is 0 Å². The highest BCUT2D eigenvalue weighted by Crippen LogP contribution is 2.56. The largest absolute Gasteiger partial charge is 0.465 e. The Morgan fingerprint density at radius 1 is 0.514 bits per heavy atom. The molecule has 0 aliphatic heterocycles. The molecule has 0 aromatic heterocycles. The maximum atomic E-state index is 5.84. The lowest BCUT2D eigenvalue weighted by atomic mass is 9.68. The molecule has 0 heterocycles. The summed E-state index contributed by atoms with van der Waals surface area (Å²) in [5.41, 5.74) is 9.36. The second-order valence-corrected chi connectivity index (χ2v) is 9.52. The van der Waals surface area contributed by atoms with Gasteiger partial charge in [0.05, 0.1) is 17.9 Å². The standard InChI is InChI=1S/C33H30O2/c1-23(2)21-34-27-17-13-25(14-18-27)33(26-15-19-28(20-16-26)35-22-24(3)4)31-11-7-5-9-29(31)30-10-6-8-12-32(30)33/h5-22H,1-4H3. The number of ether oxygens (including phenoxy) is 2. The summed E-state index contributed by atoms with van der Waals surface area (Å²) in [6.07, 6.45) is 3.58. The van der Waals surface area contributed by atoms with E-state index in [0.717, 1.165) is 22.6 Å². The van der Waals surface area contributed by atoms with E-state index >= 15 is 0 Å². The Labute approximate surface area is 208 Å². The number of benzene rings is 4. The molecular weight excluding hydrogens is 428 g/mol. The lowest BCUT2D eigenvalue weighted by Crippen LogP contribution is -2.28. The summed E-state index contributed by atoms with van der Waals surface area (Å²) in [6, 6.07) is 34.5. The van der Waals surface area contributed by atoms with Crippen molar-refractivity contribution in [3.8, 4) is 22.6 Å². The number of hydrogen-bond donors (Lipinski definition) is 0. The zero-order valence-corrected chi connectivity index (χ0v) is 20.7. The SMILES string of the molecule is CC(C)=COc1ccc(C2(c3ccc(OC=C(C)C)cc3)c3ccccc3-c3ccccc32)cc1. The van der Waals surface area contributed by atoms with Crippen LogP contribution in [0.1, 0.15) is 49.9 Å². The van der Waals surface area contributed by atoms with E-state index in [1.165, 1.54) is 33.4 Å². The third-order valence-corrected chi connectivity index (χ3v) is 6.39. The number of allylic oxidation sites excluding steroid dienone is 2. The quantitative estimate of drug-likeness (QED) is 0.237. The number of rotatable bonds is 6. The summed E-state index contributed by atoms with van der Waals surface area (Å²) in [5.74, 6) is 1.66. The van der Waals surface area contributed by atoms with Crippen molar-refractivity contribution in [2.45, 2.75) is 33.1 Å². The molecule has 1 aliphatic rings. The van der Waals surface area contributed by atoms with Gasteiger partial charge in [0.15, 0.2) is 0 Å². The van der Waals surface area contributed by atoms with Crippen molar-refractivity contribution < 1.29 is 9.47 Å². The van der Waals surface area contributed by atoms with Crippen LogP contribution >= 0.6 is 0 Å². The van der Waals surface area contributed by atoms with E-state index in [4.69, 9.17) is 9.47 Å². The van der Waals surface area contributed by atoms with Crippen molar-refractivity contribution in [2.75, 3.05) is 0 Å². The average Bonchev–Trinajstić information content (AvgIpc) is 3.18. The highest BCUT2D eigenvalue weighted by Gasteiger charge is 2.45. The molecule has 0 radical (unpaired) electrons. The van der Waals surface area contributed by atoms with Gasteiger partial charge in [-0.1, -0.05) is 72.8 Å². The Morgan fingerprint density at radius 3 is 1.26 bits per heavy atom. The van der Waals surface area contributed by atoms with Crippen LogP contribution in [0.5, 0.6) is 11.5 Å². The van der Waals surface area contributed by atoms with Crippen LogP contribution in [-0.2, 0) is 5.41 Å². The summed E-state index contributed by atoms with van der Waals surface area (Å²) in [6.45, 7) is 8.11. The molecule has 0 atom stereocenters. The van der Waals surface area contributed by atoms with Crippen LogP contribution in [0.25, 0.3) is 11.1 Å². The van der Waals surface area contributed by atoms with Gasteiger partial charge in [0, 0.05) is 0 Å². The summed E-state index contributed by atoms with van der Waals surface area (Å²) >= 11 is 0. The molecule has 2 nitrogen and oxygen atoms in total. The van der Waals surface area contributed by atoms with E-state index in [2.05, 4.69) is 97.1 Å². The van der Waals surface area contributed by atoms with Gasteiger partial charge < -0.3 is 9.47 Å². The van der Waals surface area contributed by atoms with Gasteiger partial charge in [-0.2, -0.15) is 0 Å². The first-order valence-corrected chi connectivity index (χ1v) is 12.0. The molecule has 4 aromatic rings. The molecular formula is C33H30O2. The summed E-state index contributed by atoms with van der Waals surface area (Å²) in [7, 11) is 0. The van der Waals surface area contributed by atoms with Gasteiger partial charge in [-0.05, 0) is 96.5 Å². The van der Waals surface area contributed by atoms with Crippen LogP contribution in [-0.4, -0.2) is 0 Å².